The van der Waals surface area contributed by atoms with Gasteiger partial charge in [-0.25, -0.2) is 4.79 Å². The van der Waals surface area contributed by atoms with E-state index in [2.05, 4.69) is 58.9 Å². The number of fused-ring (bicyclic) bond motifs is 1. The van der Waals surface area contributed by atoms with Crippen LogP contribution in [0.4, 0.5) is 0 Å². The van der Waals surface area contributed by atoms with Gasteiger partial charge < -0.3 is 18.6 Å². The maximum Gasteiger partial charge on any atom is 0.383 e. The van der Waals surface area contributed by atoms with Crippen LogP contribution in [0.3, 0.4) is 0 Å². The monoisotopic (exact) mass is 552 g/mol. The minimum atomic E-state index is -0.515. The maximum atomic E-state index is 13.0. The van der Waals surface area contributed by atoms with Crippen LogP contribution in [0.15, 0.2) is 62.9 Å². The highest BCUT2D eigenvalue weighted by Gasteiger charge is 2.18. The van der Waals surface area contributed by atoms with Crippen LogP contribution >= 0.6 is 0 Å². The van der Waals surface area contributed by atoms with Gasteiger partial charge in [-0.05, 0) is 71.1 Å². The Bertz CT molecular complexity index is 1130. The molecule has 0 fully saturated rings. The second-order valence-electron chi connectivity index (χ2n) is 10.7. The molecule has 0 bridgehead atoms. The molecule has 0 aliphatic carbocycles. The summed E-state index contributed by atoms with van der Waals surface area (Å²) in [6.07, 6.45) is 22.0. The van der Waals surface area contributed by atoms with E-state index < -0.39 is 5.63 Å². The Hall–Kier alpha value is -2.95. The van der Waals surface area contributed by atoms with E-state index >= 15 is 0 Å². The highest BCUT2D eigenvalue weighted by molar-refractivity contribution is 5.86. The lowest BCUT2D eigenvalue weighted by Crippen LogP contribution is -2.12. The molecule has 40 heavy (non-hydrogen) atoms. The summed E-state index contributed by atoms with van der Waals surface area (Å²) in [5.74, 6) is 1.27. The molecule has 1 aromatic heterocycles. The Morgan fingerprint density at radius 2 is 1.52 bits per heavy atom. The summed E-state index contributed by atoms with van der Waals surface area (Å²) in [4.78, 5) is 13.0. The van der Waals surface area contributed by atoms with Crippen molar-refractivity contribution in [2.45, 2.75) is 112 Å². The second kappa shape index (κ2) is 20.0. The molecule has 0 saturated carbocycles. The average Bonchev–Trinajstić information content (AvgIpc) is 2.92. The van der Waals surface area contributed by atoms with Gasteiger partial charge in [0.05, 0.1) is 18.6 Å². The Kier molecular flexibility index (Phi) is 16.6. The van der Waals surface area contributed by atoms with Gasteiger partial charge in [-0.15, -0.1) is 0 Å². The number of unbranched alkanes of at least 4 members (excludes halogenated alkanes) is 7. The topological polar surface area (TPSA) is 57.9 Å². The summed E-state index contributed by atoms with van der Waals surface area (Å²) >= 11 is 0. The minimum Gasteiger partial charge on any atom is -0.489 e. The van der Waals surface area contributed by atoms with Crippen LogP contribution in [-0.4, -0.2) is 19.8 Å². The fourth-order valence-electron chi connectivity index (χ4n) is 4.39. The number of allylic oxidation sites excluding steroid dienone is 4. The highest BCUT2D eigenvalue weighted by atomic mass is 16.5. The molecule has 2 aromatic rings. The molecule has 0 aliphatic rings. The van der Waals surface area contributed by atoms with Crippen LogP contribution < -0.4 is 19.8 Å². The lowest BCUT2D eigenvalue weighted by Gasteiger charge is -2.14. The SMILES string of the molecule is CC/C=C/CCOc1c(OCCCCCCCCCC)c(=O)oc2cc(OC/C=C(\C)CCC=C(C)C)ccc12. The Balaban J connectivity index is 2.07. The number of rotatable bonds is 21. The normalized spacial score (nSPS) is 11.8. The van der Waals surface area contributed by atoms with Crippen LogP contribution in [0.25, 0.3) is 11.0 Å². The number of benzene rings is 1. The predicted molar refractivity (Wildman–Crippen MR) is 168 cm³/mol. The molecule has 0 aliphatic heterocycles. The minimum absolute atomic E-state index is 0.165. The summed E-state index contributed by atoms with van der Waals surface area (Å²) in [5, 5.41) is 0.714. The van der Waals surface area contributed by atoms with Crippen LogP contribution in [-0.2, 0) is 0 Å². The third-order valence-electron chi connectivity index (χ3n) is 6.74. The molecule has 0 N–H and O–H groups in total. The fourth-order valence-corrected chi connectivity index (χ4v) is 4.39. The lowest BCUT2D eigenvalue weighted by atomic mass is 10.1. The fraction of sp³-hybridized carbons (Fsp3) is 0.571. The van der Waals surface area contributed by atoms with Gasteiger partial charge in [0.25, 0.3) is 0 Å². The van der Waals surface area contributed by atoms with Crippen LogP contribution in [0.1, 0.15) is 112 Å². The molecular formula is C35H52O5. The van der Waals surface area contributed by atoms with Gasteiger partial charge in [0.2, 0.25) is 5.75 Å². The quantitative estimate of drug-likeness (QED) is 0.0876. The summed E-state index contributed by atoms with van der Waals surface area (Å²) in [7, 11) is 0. The molecule has 0 radical (unpaired) electrons. The standard InChI is InChI=1S/C35H52O5/c1-6-8-10-12-13-14-15-17-25-39-34-33(38-24-16-11-9-7-2)31-22-21-30(27-32(31)40-35(34)36)37-26-23-29(5)20-18-19-28(3)4/h9,11,19,21-23,27H,6-8,10,12-18,20,24-26H2,1-5H3/b11-9+,29-23+. The first-order valence-electron chi connectivity index (χ1n) is 15.4. The zero-order valence-corrected chi connectivity index (χ0v) is 25.7. The van der Waals surface area contributed by atoms with Crippen molar-refractivity contribution in [3.05, 3.63) is 64.1 Å². The largest absolute Gasteiger partial charge is 0.489 e. The first kappa shape index (κ1) is 33.3. The van der Waals surface area contributed by atoms with E-state index in [1.807, 2.05) is 12.1 Å². The number of ether oxygens (including phenoxy) is 3. The van der Waals surface area contributed by atoms with E-state index in [1.165, 1.54) is 49.7 Å². The number of hydrogen-bond acceptors (Lipinski definition) is 5. The van der Waals surface area contributed by atoms with Gasteiger partial charge in [0, 0.05) is 6.07 Å². The smallest absolute Gasteiger partial charge is 0.383 e. The van der Waals surface area contributed by atoms with Crippen molar-refractivity contribution in [1.82, 2.24) is 0 Å². The predicted octanol–water partition coefficient (Wildman–Crippen LogP) is 10.1. The van der Waals surface area contributed by atoms with E-state index in [9.17, 15) is 4.79 Å². The van der Waals surface area contributed by atoms with Crippen molar-refractivity contribution < 1.29 is 18.6 Å². The molecule has 0 amide bonds. The third kappa shape index (κ3) is 12.9. The van der Waals surface area contributed by atoms with Crippen molar-refractivity contribution >= 4 is 11.0 Å². The van der Waals surface area contributed by atoms with Gasteiger partial charge in [-0.1, -0.05) is 88.2 Å². The summed E-state index contributed by atoms with van der Waals surface area (Å²) in [5.41, 5.74) is 2.55. The molecule has 5 nitrogen and oxygen atoms in total. The van der Waals surface area contributed by atoms with Gasteiger partial charge >= 0.3 is 5.63 Å². The highest BCUT2D eigenvalue weighted by Crippen LogP contribution is 2.35. The molecule has 0 spiro atoms. The van der Waals surface area contributed by atoms with Gasteiger partial charge in [-0.2, -0.15) is 0 Å². The van der Waals surface area contributed by atoms with Crippen molar-refractivity contribution in [3.63, 3.8) is 0 Å². The van der Waals surface area contributed by atoms with Gasteiger partial charge in [-0.3, -0.25) is 0 Å². The molecule has 5 heteroatoms. The van der Waals surface area contributed by atoms with E-state index in [0.717, 1.165) is 38.5 Å². The third-order valence-corrected chi connectivity index (χ3v) is 6.74. The molecule has 0 saturated heterocycles. The van der Waals surface area contributed by atoms with Crippen LogP contribution in [0.5, 0.6) is 17.2 Å². The zero-order valence-electron chi connectivity index (χ0n) is 25.7. The molecule has 222 valence electrons. The van der Waals surface area contributed by atoms with E-state index in [1.54, 1.807) is 6.07 Å². The first-order chi connectivity index (χ1) is 19.5. The maximum absolute atomic E-state index is 13.0. The molecule has 1 heterocycles. The van der Waals surface area contributed by atoms with Gasteiger partial charge in [0.1, 0.15) is 17.9 Å². The molecule has 0 atom stereocenters. The van der Waals surface area contributed by atoms with Crippen molar-refractivity contribution in [1.29, 1.82) is 0 Å². The average molecular weight is 553 g/mol. The summed E-state index contributed by atoms with van der Waals surface area (Å²) in [6, 6.07) is 5.54. The Morgan fingerprint density at radius 1 is 0.800 bits per heavy atom. The Labute approximate surface area is 242 Å². The first-order valence-corrected chi connectivity index (χ1v) is 15.4. The molecular weight excluding hydrogens is 500 g/mol. The summed E-state index contributed by atoms with van der Waals surface area (Å²) in [6.45, 7) is 12.1. The second-order valence-corrected chi connectivity index (χ2v) is 10.7. The van der Waals surface area contributed by atoms with E-state index in [-0.39, 0.29) is 5.75 Å². The molecule has 2 rings (SSSR count). The van der Waals surface area contributed by atoms with Gasteiger partial charge in [0.15, 0.2) is 5.75 Å². The molecule has 0 unspecified atom stereocenters. The van der Waals surface area contributed by atoms with Crippen molar-refractivity contribution in [2.75, 3.05) is 19.8 Å². The van der Waals surface area contributed by atoms with E-state index in [4.69, 9.17) is 18.6 Å². The zero-order chi connectivity index (χ0) is 29.0. The molecule has 1 aromatic carbocycles. The van der Waals surface area contributed by atoms with E-state index in [0.29, 0.717) is 42.3 Å². The van der Waals surface area contributed by atoms with Crippen LogP contribution in [0, 0.1) is 0 Å². The van der Waals surface area contributed by atoms with Crippen LogP contribution in [0.2, 0.25) is 0 Å². The summed E-state index contributed by atoms with van der Waals surface area (Å²) < 4.78 is 23.7. The Morgan fingerprint density at radius 3 is 2.25 bits per heavy atom. The lowest BCUT2D eigenvalue weighted by molar-refractivity contribution is 0.256. The van der Waals surface area contributed by atoms with Crippen molar-refractivity contribution in [2.24, 2.45) is 0 Å². The number of hydrogen-bond donors (Lipinski definition) is 0. The van der Waals surface area contributed by atoms with Crippen molar-refractivity contribution in [3.8, 4) is 17.2 Å².